The molecule has 114 valence electrons. The van der Waals surface area contributed by atoms with E-state index in [4.69, 9.17) is 4.74 Å². The minimum absolute atomic E-state index is 0.0149. The van der Waals surface area contributed by atoms with Crippen molar-refractivity contribution in [2.45, 2.75) is 38.5 Å². The Hall–Kier alpha value is -1.34. The first-order valence-corrected chi connectivity index (χ1v) is 7.06. The molecule has 2 heterocycles. The summed E-state index contributed by atoms with van der Waals surface area (Å²) in [7, 11) is 0. The number of nitrogens with one attached hydrogen (secondary N) is 3. The molecule has 7 heteroatoms. The highest BCUT2D eigenvalue weighted by Crippen LogP contribution is 2.12. The molecule has 2 aliphatic heterocycles. The molecule has 0 spiro atoms. The normalized spacial score (nSPS) is 27.9. The van der Waals surface area contributed by atoms with Gasteiger partial charge in [0.2, 0.25) is 5.91 Å². The van der Waals surface area contributed by atoms with E-state index in [9.17, 15) is 9.59 Å². The maximum Gasteiger partial charge on any atom is 0.410 e. The lowest BCUT2D eigenvalue weighted by Crippen LogP contribution is -2.65. The molecule has 0 aromatic heterocycles. The van der Waals surface area contributed by atoms with E-state index < -0.39 is 5.60 Å². The number of ether oxygens (including phenoxy) is 1. The van der Waals surface area contributed by atoms with E-state index in [1.54, 1.807) is 4.90 Å². The molecule has 0 saturated carbocycles. The van der Waals surface area contributed by atoms with Crippen LogP contribution in [0.4, 0.5) is 4.79 Å². The van der Waals surface area contributed by atoms with Crippen molar-refractivity contribution in [3.8, 4) is 0 Å². The van der Waals surface area contributed by atoms with Crippen molar-refractivity contribution >= 4 is 12.0 Å². The van der Waals surface area contributed by atoms with Gasteiger partial charge < -0.3 is 25.6 Å². The second-order valence-corrected chi connectivity index (χ2v) is 6.28. The topological polar surface area (TPSA) is 82.7 Å². The number of carbonyl (C=O) groups excluding carboxylic acids is 2. The third-order valence-electron chi connectivity index (χ3n) is 3.39. The van der Waals surface area contributed by atoms with Crippen LogP contribution in [0.15, 0.2) is 0 Å². The Morgan fingerprint density at radius 3 is 2.65 bits per heavy atom. The molecule has 2 aliphatic rings. The molecule has 0 aromatic carbocycles. The Kier molecular flexibility index (Phi) is 4.49. The fraction of sp³-hybridized carbons (Fsp3) is 0.846. The quantitative estimate of drug-likeness (QED) is 0.592. The molecule has 2 rings (SSSR count). The van der Waals surface area contributed by atoms with Gasteiger partial charge in [-0.2, -0.15) is 0 Å². The van der Waals surface area contributed by atoms with Crippen LogP contribution in [0, 0.1) is 0 Å². The minimum atomic E-state index is -0.478. The first-order valence-electron chi connectivity index (χ1n) is 7.06. The van der Waals surface area contributed by atoms with Crippen LogP contribution < -0.4 is 16.0 Å². The van der Waals surface area contributed by atoms with Gasteiger partial charge in [-0.15, -0.1) is 0 Å². The van der Waals surface area contributed by atoms with Crippen LogP contribution in [0.1, 0.15) is 20.8 Å². The van der Waals surface area contributed by atoms with E-state index in [1.807, 2.05) is 20.8 Å². The molecule has 20 heavy (non-hydrogen) atoms. The van der Waals surface area contributed by atoms with Gasteiger partial charge in [-0.3, -0.25) is 4.79 Å². The van der Waals surface area contributed by atoms with E-state index in [2.05, 4.69) is 16.0 Å². The average Bonchev–Trinajstić information content (AvgIpc) is 2.38. The van der Waals surface area contributed by atoms with Crippen molar-refractivity contribution in [3.05, 3.63) is 0 Å². The molecule has 2 fully saturated rings. The van der Waals surface area contributed by atoms with Gasteiger partial charge in [-0.05, 0) is 20.8 Å². The zero-order valence-corrected chi connectivity index (χ0v) is 12.4. The SMILES string of the molecule is CC(C)(C)OC(=O)N1CCNC(C2CNC(=O)CN2)C1. The van der Waals surface area contributed by atoms with E-state index >= 15 is 0 Å². The van der Waals surface area contributed by atoms with Crippen LogP contribution in [-0.4, -0.2) is 67.3 Å². The average molecular weight is 284 g/mol. The van der Waals surface area contributed by atoms with E-state index in [0.717, 1.165) is 6.54 Å². The Labute approximate surface area is 119 Å². The van der Waals surface area contributed by atoms with Crippen molar-refractivity contribution in [2.24, 2.45) is 0 Å². The lowest BCUT2D eigenvalue weighted by molar-refractivity contribution is -0.121. The number of rotatable bonds is 1. The number of carbonyl (C=O) groups is 2. The van der Waals surface area contributed by atoms with Crippen molar-refractivity contribution in [1.82, 2.24) is 20.9 Å². The largest absolute Gasteiger partial charge is 0.444 e. The van der Waals surface area contributed by atoms with Gasteiger partial charge in [-0.1, -0.05) is 0 Å². The second-order valence-electron chi connectivity index (χ2n) is 6.28. The van der Waals surface area contributed by atoms with E-state index in [-0.39, 0.29) is 24.1 Å². The monoisotopic (exact) mass is 284 g/mol. The molecule has 0 radical (unpaired) electrons. The van der Waals surface area contributed by atoms with Crippen LogP contribution in [0.2, 0.25) is 0 Å². The third kappa shape index (κ3) is 4.08. The number of hydrogen-bond acceptors (Lipinski definition) is 5. The Morgan fingerprint density at radius 2 is 2.05 bits per heavy atom. The standard InChI is InChI=1S/C13H24N4O3/c1-13(2,3)20-12(19)17-5-4-14-10(8-17)9-6-16-11(18)7-15-9/h9-10,14-15H,4-8H2,1-3H3,(H,16,18). The highest BCUT2D eigenvalue weighted by molar-refractivity contribution is 5.78. The van der Waals surface area contributed by atoms with Crippen molar-refractivity contribution in [1.29, 1.82) is 0 Å². The van der Waals surface area contributed by atoms with E-state index in [1.165, 1.54) is 0 Å². The molecule has 0 bridgehead atoms. The van der Waals surface area contributed by atoms with Gasteiger partial charge in [0.15, 0.2) is 0 Å². The zero-order valence-electron chi connectivity index (χ0n) is 12.4. The lowest BCUT2D eigenvalue weighted by atomic mass is 10.0. The maximum atomic E-state index is 12.1. The van der Waals surface area contributed by atoms with Crippen molar-refractivity contribution in [2.75, 3.05) is 32.7 Å². The maximum absolute atomic E-state index is 12.1. The van der Waals surface area contributed by atoms with Gasteiger partial charge in [0.1, 0.15) is 5.60 Å². The van der Waals surface area contributed by atoms with Gasteiger partial charge in [0, 0.05) is 38.3 Å². The first-order chi connectivity index (χ1) is 9.35. The van der Waals surface area contributed by atoms with Gasteiger partial charge >= 0.3 is 6.09 Å². The molecular formula is C13H24N4O3. The molecule has 3 N–H and O–H groups in total. The van der Waals surface area contributed by atoms with Gasteiger partial charge in [0.05, 0.1) is 6.54 Å². The Morgan fingerprint density at radius 1 is 1.30 bits per heavy atom. The molecule has 7 nitrogen and oxygen atoms in total. The molecular weight excluding hydrogens is 260 g/mol. The van der Waals surface area contributed by atoms with E-state index in [0.29, 0.717) is 26.2 Å². The summed E-state index contributed by atoms with van der Waals surface area (Å²) in [5.41, 5.74) is -0.478. The fourth-order valence-electron chi connectivity index (χ4n) is 2.41. The smallest absolute Gasteiger partial charge is 0.410 e. The lowest BCUT2D eigenvalue weighted by Gasteiger charge is -2.39. The summed E-state index contributed by atoms with van der Waals surface area (Å²) in [5, 5.41) is 9.42. The summed E-state index contributed by atoms with van der Waals surface area (Å²) in [4.78, 5) is 24.9. The van der Waals surface area contributed by atoms with Crippen LogP contribution >= 0.6 is 0 Å². The Bertz CT molecular complexity index is 370. The van der Waals surface area contributed by atoms with Crippen LogP contribution in [-0.2, 0) is 9.53 Å². The number of nitrogens with zero attached hydrogens (tertiary/aromatic N) is 1. The second kappa shape index (κ2) is 5.97. The fourth-order valence-corrected chi connectivity index (χ4v) is 2.41. The minimum Gasteiger partial charge on any atom is -0.444 e. The molecule has 2 atom stereocenters. The summed E-state index contributed by atoms with van der Waals surface area (Å²) >= 11 is 0. The highest BCUT2D eigenvalue weighted by atomic mass is 16.6. The van der Waals surface area contributed by atoms with Crippen LogP contribution in [0.5, 0.6) is 0 Å². The summed E-state index contributed by atoms with van der Waals surface area (Å²) in [5.74, 6) is 0.0149. The predicted molar refractivity (Wildman–Crippen MR) is 74.4 cm³/mol. The van der Waals surface area contributed by atoms with Crippen LogP contribution in [0.25, 0.3) is 0 Å². The number of hydrogen-bond donors (Lipinski definition) is 3. The van der Waals surface area contributed by atoms with Gasteiger partial charge in [-0.25, -0.2) is 4.79 Å². The molecule has 2 amide bonds. The Balaban J connectivity index is 1.88. The molecule has 2 saturated heterocycles. The van der Waals surface area contributed by atoms with Crippen molar-refractivity contribution < 1.29 is 14.3 Å². The summed E-state index contributed by atoms with van der Waals surface area (Å²) < 4.78 is 5.40. The number of amides is 2. The van der Waals surface area contributed by atoms with Gasteiger partial charge in [0.25, 0.3) is 0 Å². The molecule has 0 aliphatic carbocycles. The summed E-state index contributed by atoms with van der Waals surface area (Å²) in [6, 6.07) is 0.259. The highest BCUT2D eigenvalue weighted by Gasteiger charge is 2.32. The summed E-state index contributed by atoms with van der Waals surface area (Å²) in [6.45, 7) is 8.46. The first kappa shape index (κ1) is 15.1. The predicted octanol–water partition coefficient (Wildman–Crippen LogP) is -0.717. The molecule has 2 unspecified atom stereocenters. The van der Waals surface area contributed by atoms with Crippen LogP contribution in [0.3, 0.4) is 0 Å². The number of piperazine rings is 2. The zero-order chi connectivity index (χ0) is 14.8. The summed E-state index contributed by atoms with van der Waals surface area (Å²) in [6.07, 6.45) is -0.274. The van der Waals surface area contributed by atoms with Crippen molar-refractivity contribution in [3.63, 3.8) is 0 Å². The molecule has 0 aromatic rings. The third-order valence-corrected chi connectivity index (χ3v) is 3.39.